The van der Waals surface area contributed by atoms with Gasteiger partial charge in [-0.2, -0.15) is 4.57 Å². The van der Waals surface area contributed by atoms with E-state index in [2.05, 4.69) is 20.4 Å². The molecule has 7 rings (SSSR count). The third-order valence-electron chi connectivity index (χ3n) is 8.50. The van der Waals surface area contributed by atoms with E-state index in [1.54, 1.807) is 24.5 Å². The summed E-state index contributed by atoms with van der Waals surface area (Å²) in [6, 6.07) is 7.61. The number of carboxylic acid groups (broad SMARTS) is 1. The molecule has 3 aliphatic rings. The van der Waals surface area contributed by atoms with Crippen LogP contribution in [0.25, 0.3) is 11.0 Å². The Balaban J connectivity index is 1.10. The number of thiazole rings is 1. The number of hydrogen-bond acceptors (Lipinski definition) is 11. The number of nitrogens with one attached hydrogen (secondary N) is 1. The van der Waals surface area contributed by atoms with Crippen LogP contribution in [-0.4, -0.2) is 74.1 Å². The quantitative estimate of drug-likeness (QED) is 0.0665. The lowest BCUT2D eigenvalue weighted by atomic mass is 10.0. The van der Waals surface area contributed by atoms with E-state index in [9.17, 15) is 19.5 Å². The highest BCUT2D eigenvalue weighted by Crippen LogP contribution is 2.40. The number of aliphatic carboxylic acids is 1. The number of amides is 2. The molecule has 5 N–H and O–H groups in total. The Hall–Kier alpha value is -5.00. The van der Waals surface area contributed by atoms with Gasteiger partial charge in [-0.1, -0.05) is 16.8 Å². The highest BCUT2D eigenvalue weighted by Gasteiger charge is 2.53. The number of oxime groups is 1. The Labute approximate surface area is 297 Å². The zero-order valence-electron chi connectivity index (χ0n) is 26.3. The van der Waals surface area contributed by atoms with E-state index in [0.717, 1.165) is 40.1 Å². The normalized spacial score (nSPS) is 19.4. The number of hydrogen-bond donors (Lipinski definition) is 3. The lowest BCUT2D eigenvalue weighted by Gasteiger charge is -2.50. The van der Waals surface area contributed by atoms with Gasteiger partial charge in [0.25, 0.3) is 11.8 Å². The second-order valence-electron chi connectivity index (χ2n) is 11.8. The van der Waals surface area contributed by atoms with Crippen molar-refractivity contribution in [3.8, 4) is 0 Å². The number of carbonyl (C=O) groups is 3. The Kier molecular flexibility index (Phi) is 8.96. The molecule has 50 heavy (non-hydrogen) atoms. The number of fused-ring (bicyclic) bond motifs is 2. The molecule has 18 heteroatoms. The first-order valence-electron chi connectivity index (χ1n) is 15.3. The molecule has 258 valence electrons. The summed E-state index contributed by atoms with van der Waals surface area (Å²) in [5.41, 5.74) is 14.2. The molecule has 3 aromatic heterocycles. The molecule has 2 fully saturated rings. The SMILES string of the molecule is CO/N=C(\C(=O)N[C@@H]1C(=O)N2C(C(=O)[O-])=C(C[n+]3cccc4c3ccn4Cc3c(F)cc(C(N)=NC4CC4)cc3Cl)CS[C@H]12)c1csc(N)n1. The number of nitrogens with two attached hydrogens (primary N) is 2. The van der Waals surface area contributed by atoms with E-state index in [0.29, 0.717) is 11.1 Å². The number of nitrogen functional groups attached to an aromatic ring is 1. The summed E-state index contributed by atoms with van der Waals surface area (Å²) in [4.78, 5) is 53.2. The van der Waals surface area contributed by atoms with Gasteiger partial charge in [-0.3, -0.25) is 19.5 Å². The van der Waals surface area contributed by atoms with Gasteiger partial charge in [0.05, 0.1) is 24.3 Å². The summed E-state index contributed by atoms with van der Waals surface area (Å²) in [5.74, 6) is -2.85. The van der Waals surface area contributed by atoms with E-state index in [1.807, 2.05) is 21.3 Å². The zero-order chi connectivity index (χ0) is 35.3. The van der Waals surface area contributed by atoms with Gasteiger partial charge in [-0.25, -0.2) is 9.37 Å². The number of nitrogens with zero attached hydrogens (tertiary/aromatic N) is 6. The predicted molar refractivity (Wildman–Crippen MR) is 184 cm³/mol. The lowest BCUT2D eigenvalue weighted by Crippen LogP contribution is -2.71. The average molecular weight is 738 g/mol. The van der Waals surface area contributed by atoms with Gasteiger partial charge in [0.1, 0.15) is 41.4 Å². The summed E-state index contributed by atoms with van der Waals surface area (Å²) in [6.45, 7) is 0.259. The number of aromatic nitrogens is 3. The van der Waals surface area contributed by atoms with Crippen LogP contribution in [0.5, 0.6) is 0 Å². The fourth-order valence-electron chi connectivity index (χ4n) is 5.94. The van der Waals surface area contributed by atoms with Crippen molar-refractivity contribution in [1.29, 1.82) is 0 Å². The molecule has 1 aliphatic carbocycles. The molecule has 14 nitrogen and oxygen atoms in total. The molecule has 2 atom stereocenters. The predicted octanol–water partition coefficient (Wildman–Crippen LogP) is 1.13. The van der Waals surface area contributed by atoms with Crippen molar-refractivity contribution in [1.82, 2.24) is 19.8 Å². The molecule has 1 saturated heterocycles. The number of aliphatic imine (C=N–C) groups is 1. The number of rotatable bonds is 11. The summed E-state index contributed by atoms with van der Waals surface area (Å²) >= 11 is 8.95. The van der Waals surface area contributed by atoms with Crippen LogP contribution in [0, 0.1) is 5.82 Å². The highest BCUT2D eigenvalue weighted by atomic mass is 35.5. The first-order valence-corrected chi connectivity index (χ1v) is 17.6. The second kappa shape index (κ2) is 13.4. The maximum Gasteiger partial charge on any atom is 0.276 e. The average Bonchev–Trinajstić information content (AvgIpc) is 3.64. The monoisotopic (exact) mass is 737 g/mol. The first kappa shape index (κ1) is 33.5. The number of halogens is 2. The second-order valence-corrected chi connectivity index (χ2v) is 14.2. The van der Waals surface area contributed by atoms with Crippen LogP contribution >= 0.6 is 34.7 Å². The largest absolute Gasteiger partial charge is 0.543 e. The van der Waals surface area contributed by atoms with E-state index in [4.69, 9.17) is 27.9 Å². The third kappa shape index (κ3) is 6.27. The number of β-lactam (4-membered cyclic amide) rings is 1. The summed E-state index contributed by atoms with van der Waals surface area (Å²) < 4.78 is 19.0. The Bertz CT molecular complexity index is 2140. The van der Waals surface area contributed by atoms with E-state index >= 15 is 4.39 Å². The molecule has 0 spiro atoms. The molecular formula is C32H29ClFN9O5S2. The van der Waals surface area contributed by atoms with Crippen LogP contribution in [0.3, 0.4) is 0 Å². The Morgan fingerprint density at radius 3 is 2.78 bits per heavy atom. The molecular weight excluding hydrogens is 709 g/mol. The van der Waals surface area contributed by atoms with Crippen molar-refractivity contribution >= 4 is 80.2 Å². The van der Waals surface area contributed by atoms with Gasteiger partial charge in [0, 0.05) is 51.2 Å². The molecule has 1 aromatic carbocycles. The van der Waals surface area contributed by atoms with E-state index in [1.165, 1.54) is 30.3 Å². The molecule has 0 radical (unpaired) electrons. The van der Waals surface area contributed by atoms with Crippen LogP contribution in [0.4, 0.5) is 9.52 Å². The van der Waals surface area contributed by atoms with Crippen LogP contribution in [0.1, 0.15) is 29.7 Å². The van der Waals surface area contributed by atoms with Crippen LogP contribution in [0.2, 0.25) is 5.02 Å². The van der Waals surface area contributed by atoms with Crippen LogP contribution in [-0.2, 0) is 32.3 Å². The van der Waals surface area contributed by atoms with Crippen LogP contribution in [0.15, 0.2) is 69.5 Å². The molecule has 5 heterocycles. The fraction of sp³-hybridized carbons (Fsp3) is 0.281. The van der Waals surface area contributed by atoms with Gasteiger partial charge in [-0.05, 0) is 31.0 Å². The van der Waals surface area contributed by atoms with Gasteiger partial charge < -0.3 is 36.1 Å². The number of pyridine rings is 1. The summed E-state index contributed by atoms with van der Waals surface area (Å²) in [7, 11) is 1.26. The Morgan fingerprint density at radius 1 is 1.30 bits per heavy atom. The minimum atomic E-state index is -1.51. The smallest absolute Gasteiger partial charge is 0.276 e. The number of anilines is 1. The first-order chi connectivity index (χ1) is 24.0. The van der Waals surface area contributed by atoms with Crippen LogP contribution < -0.4 is 26.5 Å². The van der Waals surface area contributed by atoms with Gasteiger partial charge >= 0.3 is 0 Å². The maximum absolute atomic E-state index is 15.3. The minimum absolute atomic E-state index is 0.129. The van der Waals surface area contributed by atoms with Crippen molar-refractivity contribution < 1.29 is 33.3 Å². The number of carboxylic acids is 1. The van der Waals surface area contributed by atoms with Crippen molar-refractivity contribution in [3.63, 3.8) is 0 Å². The maximum atomic E-state index is 15.3. The van der Waals surface area contributed by atoms with Gasteiger partial charge in [0.15, 0.2) is 23.6 Å². The van der Waals surface area contributed by atoms with Crippen molar-refractivity contribution in [2.45, 2.75) is 43.4 Å². The van der Waals surface area contributed by atoms with Crippen molar-refractivity contribution in [3.05, 3.63) is 87.0 Å². The molecule has 4 aromatic rings. The van der Waals surface area contributed by atoms with Crippen molar-refractivity contribution in [2.75, 3.05) is 18.6 Å². The highest BCUT2D eigenvalue weighted by molar-refractivity contribution is 8.00. The summed E-state index contributed by atoms with van der Waals surface area (Å²) in [5, 5.41) is 20.1. The number of carbonyl (C=O) groups excluding carboxylic acids is 3. The molecule has 2 aliphatic heterocycles. The standard InChI is InChI=1S/C32H29ClFN9O5S2/c1-48-40-24(21-14-50-32(36)38-21)28(44)39-25-29(45)43-26(31(46)47)16(13-49-30(25)43)11-41-7-2-3-22-23(41)6-8-42(22)12-18-19(33)9-15(10-20(18)34)27(35)37-17-4-5-17/h2-3,6-10,14,17,25,30H,4-5,11-13H2,1H3,(H5-,35,36,37,38,39,44,46,47)/b40-24-/t25-,30-/m1/s1. The van der Waals surface area contributed by atoms with Gasteiger partial charge in [0.2, 0.25) is 5.52 Å². The lowest BCUT2D eigenvalue weighted by molar-refractivity contribution is -0.663. The van der Waals surface area contributed by atoms with Crippen molar-refractivity contribution in [2.24, 2.45) is 15.9 Å². The Morgan fingerprint density at radius 2 is 2.10 bits per heavy atom. The molecule has 0 unspecified atom stereocenters. The topological polar surface area (TPSA) is 197 Å². The zero-order valence-corrected chi connectivity index (χ0v) is 28.7. The van der Waals surface area contributed by atoms with Gasteiger partial charge in [-0.15, -0.1) is 23.1 Å². The number of benzene rings is 1. The summed E-state index contributed by atoms with van der Waals surface area (Å²) in [6.07, 6.45) is 5.52. The molecule has 2 amide bonds. The van der Waals surface area contributed by atoms with E-state index < -0.39 is 35.0 Å². The van der Waals surface area contributed by atoms with E-state index in [-0.39, 0.29) is 63.5 Å². The third-order valence-corrected chi connectivity index (χ3v) is 10.8. The number of amidine groups is 1. The fourth-order valence-corrected chi connectivity index (χ4v) is 8.09. The molecule has 1 saturated carbocycles. The molecule has 0 bridgehead atoms. The number of thioether (sulfide) groups is 1. The minimum Gasteiger partial charge on any atom is -0.543 e.